The Morgan fingerprint density at radius 2 is 1.00 bits per heavy atom. The van der Waals surface area contributed by atoms with Gasteiger partial charge in [0.2, 0.25) is 11.8 Å². The molecular weight excluding hydrogens is 296 g/mol. The van der Waals surface area contributed by atoms with Crippen LogP contribution in [0.25, 0.3) is 0 Å². The summed E-state index contributed by atoms with van der Waals surface area (Å²) in [7, 11) is 0. The molecule has 0 aliphatic carbocycles. The third-order valence-corrected chi connectivity index (χ3v) is 5.63. The first-order valence-corrected chi connectivity index (χ1v) is 7.71. The smallest absolute Gasteiger partial charge is 0.344 e. The normalized spacial score (nSPS) is 27.3. The van der Waals surface area contributed by atoms with E-state index in [-0.39, 0.29) is 11.8 Å². The van der Waals surface area contributed by atoms with Gasteiger partial charge in [0.25, 0.3) is 0 Å². The average Bonchev–Trinajstić information content (AvgIpc) is 2.31. The van der Waals surface area contributed by atoms with Gasteiger partial charge in [-0.05, 0) is 55.4 Å². The Kier molecular flexibility index (Phi) is 3.63. The molecule has 128 valence electrons. The fourth-order valence-electron chi connectivity index (χ4n) is 2.29. The first-order chi connectivity index (χ1) is 10.2. The van der Waals surface area contributed by atoms with Crippen LogP contribution in [-0.2, 0) is 4.74 Å². The molecule has 0 aromatic heterocycles. The highest BCUT2D eigenvalue weighted by Gasteiger charge is 2.52. The van der Waals surface area contributed by atoms with Crippen LogP contribution in [0.2, 0.25) is 0 Å². The average molecular weight is 322 g/mol. The molecule has 0 fully saturated rings. The molecule has 2 rings (SSSR count). The maximum Gasteiger partial charge on any atom is 0.344 e. The molecule has 0 spiro atoms. The summed E-state index contributed by atoms with van der Waals surface area (Å²) in [6.45, 7) is 15.4. The summed E-state index contributed by atoms with van der Waals surface area (Å²) >= 11 is 0. The molecule has 4 amide bonds. The lowest BCUT2D eigenvalue weighted by atomic mass is 9.72. The van der Waals surface area contributed by atoms with Crippen molar-refractivity contribution in [1.82, 2.24) is 10.6 Å². The van der Waals surface area contributed by atoms with E-state index in [1.54, 1.807) is 0 Å². The number of aliphatic imine (C=N–C) groups is 2. The first kappa shape index (κ1) is 17.4. The Hall–Kier alpha value is -1.92. The lowest BCUT2D eigenvalue weighted by Crippen LogP contribution is -2.63. The maximum absolute atomic E-state index is 11.9. The van der Waals surface area contributed by atoms with E-state index in [1.165, 1.54) is 0 Å². The van der Waals surface area contributed by atoms with E-state index in [0.29, 0.717) is 0 Å². The predicted octanol–water partition coefficient (Wildman–Crippen LogP) is 2.86. The number of amides is 4. The molecule has 0 aromatic rings. The van der Waals surface area contributed by atoms with E-state index in [1.807, 2.05) is 55.4 Å². The van der Waals surface area contributed by atoms with Crippen LogP contribution < -0.4 is 10.6 Å². The summed E-state index contributed by atoms with van der Waals surface area (Å²) in [5.41, 5.74) is -2.20. The highest BCUT2D eigenvalue weighted by molar-refractivity contribution is 6.07. The molecule has 2 heterocycles. The molecule has 2 aliphatic rings. The fourth-order valence-corrected chi connectivity index (χ4v) is 2.29. The molecule has 0 saturated carbocycles. The largest absolute Gasteiger partial charge is 0.427 e. The second-order valence-corrected chi connectivity index (χ2v) is 8.30. The van der Waals surface area contributed by atoms with Crippen LogP contribution >= 0.6 is 0 Å². The van der Waals surface area contributed by atoms with Crippen LogP contribution in [0.4, 0.5) is 9.59 Å². The van der Waals surface area contributed by atoms with Gasteiger partial charge in [-0.15, -0.1) is 0 Å². The second-order valence-electron chi connectivity index (χ2n) is 8.30. The highest BCUT2D eigenvalue weighted by Crippen LogP contribution is 2.39. The standard InChI is InChI=1S/C16H26N4O3/c1-13(2)9(17-11(21)19-15(13,5)6)23-10-14(3,4)16(7,8)20-12(22)18-10/h1-8H3,(H,19,21)(H,20,22). The number of urea groups is 2. The van der Waals surface area contributed by atoms with Gasteiger partial charge in [-0.2, -0.15) is 9.98 Å². The lowest BCUT2D eigenvalue weighted by Gasteiger charge is -2.47. The van der Waals surface area contributed by atoms with Crippen molar-refractivity contribution in [3.05, 3.63) is 0 Å². The number of ether oxygens (including phenoxy) is 1. The van der Waals surface area contributed by atoms with Gasteiger partial charge in [0.1, 0.15) is 0 Å². The van der Waals surface area contributed by atoms with E-state index >= 15 is 0 Å². The predicted molar refractivity (Wildman–Crippen MR) is 88.7 cm³/mol. The Bertz CT molecular complexity index is 573. The minimum absolute atomic E-state index is 0.267. The highest BCUT2D eigenvalue weighted by atomic mass is 16.5. The molecule has 0 saturated heterocycles. The topological polar surface area (TPSA) is 92.2 Å². The third kappa shape index (κ3) is 2.62. The number of hydrogen-bond acceptors (Lipinski definition) is 3. The summed E-state index contributed by atoms with van der Waals surface area (Å²) in [6.07, 6.45) is 0. The number of nitrogens with zero attached hydrogens (tertiary/aromatic N) is 2. The van der Waals surface area contributed by atoms with Gasteiger partial charge in [0.05, 0.1) is 21.9 Å². The van der Waals surface area contributed by atoms with Crippen molar-refractivity contribution in [3.63, 3.8) is 0 Å². The summed E-state index contributed by atoms with van der Waals surface area (Å²) in [5.74, 6) is 0.534. The Morgan fingerprint density at radius 3 is 1.30 bits per heavy atom. The SMILES string of the molecule is CC1(C)NC(=O)N=C(OC2=NC(=O)NC(C)(C)C2(C)C)C1(C)C. The summed E-state index contributed by atoms with van der Waals surface area (Å²) in [6, 6.07) is -0.912. The number of carbonyl (C=O) groups is 2. The molecular formula is C16H26N4O3. The van der Waals surface area contributed by atoms with E-state index < -0.39 is 34.0 Å². The zero-order valence-electron chi connectivity index (χ0n) is 15.1. The van der Waals surface area contributed by atoms with Crippen LogP contribution in [-0.4, -0.2) is 34.9 Å². The van der Waals surface area contributed by atoms with Gasteiger partial charge in [-0.1, -0.05) is 0 Å². The molecule has 7 nitrogen and oxygen atoms in total. The van der Waals surface area contributed by atoms with Crippen LogP contribution in [0.1, 0.15) is 55.4 Å². The molecule has 2 aliphatic heterocycles. The zero-order valence-corrected chi connectivity index (χ0v) is 15.1. The lowest BCUT2D eigenvalue weighted by molar-refractivity contribution is 0.163. The van der Waals surface area contributed by atoms with Gasteiger partial charge in [-0.3, -0.25) is 0 Å². The first-order valence-electron chi connectivity index (χ1n) is 7.71. The van der Waals surface area contributed by atoms with Gasteiger partial charge in [0.15, 0.2) is 0 Å². The molecule has 0 atom stereocenters. The molecule has 0 bridgehead atoms. The maximum atomic E-state index is 11.9. The van der Waals surface area contributed by atoms with Crippen molar-refractivity contribution in [2.24, 2.45) is 20.8 Å². The van der Waals surface area contributed by atoms with Gasteiger partial charge < -0.3 is 15.4 Å². The number of nitrogens with one attached hydrogen (secondary N) is 2. The zero-order chi connectivity index (χ0) is 17.8. The number of carbonyl (C=O) groups excluding carboxylic acids is 2. The van der Waals surface area contributed by atoms with Crippen LogP contribution in [0, 0.1) is 10.8 Å². The fraction of sp³-hybridized carbons (Fsp3) is 0.750. The van der Waals surface area contributed by atoms with Gasteiger partial charge >= 0.3 is 12.1 Å². The van der Waals surface area contributed by atoms with Crippen molar-refractivity contribution in [1.29, 1.82) is 0 Å². The van der Waals surface area contributed by atoms with E-state index in [9.17, 15) is 9.59 Å². The van der Waals surface area contributed by atoms with E-state index in [2.05, 4.69) is 20.6 Å². The van der Waals surface area contributed by atoms with E-state index in [4.69, 9.17) is 4.74 Å². The van der Waals surface area contributed by atoms with Crippen LogP contribution in [0.3, 0.4) is 0 Å². The Balaban J connectivity index is 2.45. The van der Waals surface area contributed by atoms with Gasteiger partial charge in [-0.25, -0.2) is 9.59 Å². The molecule has 0 unspecified atom stereocenters. The van der Waals surface area contributed by atoms with E-state index in [0.717, 1.165) is 0 Å². The van der Waals surface area contributed by atoms with Crippen molar-refractivity contribution in [2.45, 2.75) is 66.5 Å². The second kappa shape index (κ2) is 4.79. The minimum Gasteiger partial charge on any atom is -0.427 e. The van der Waals surface area contributed by atoms with Crippen LogP contribution in [0.5, 0.6) is 0 Å². The Labute approximate surface area is 137 Å². The quantitative estimate of drug-likeness (QED) is 0.718. The van der Waals surface area contributed by atoms with Crippen molar-refractivity contribution >= 4 is 23.9 Å². The van der Waals surface area contributed by atoms with Gasteiger partial charge in [0, 0.05) is 0 Å². The summed E-state index contributed by atoms with van der Waals surface area (Å²) in [4.78, 5) is 31.7. The van der Waals surface area contributed by atoms with Crippen molar-refractivity contribution in [3.8, 4) is 0 Å². The molecule has 7 heteroatoms. The van der Waals surface area contributed by atoms with Crippen LogP contribution in [0.15, 0.2) is 9.98 Å². The molecule has 2 N–H and O–H groups in total. The van der Waals surface area contributed by atoms with Crippen molar-refractivity contribution < 1.29 is 14.3 Å². The molecule has 0 radical (unpaired) electrons. The monoisotopic (exact) mass is 322 g/mol. The molecule has 23 heavy (non-hydrogen) atoms. The number of rotatable bonds is 0. The molecule has 0 aromatic carbocycles. The third-order valence-electron chi connectivity index (χ3n) is 5.63. The Morgan fingerprint density at radius 1 is 0.696 bits per heavy atom. The number of hydrogen-bond donors (Lipinski definition) is 2. The van der Waals surface area contributed by atoms with Crippen molar-refractivity contribution in [2.75, 3.05) is 0 Å². The minimum atomic E-state index is -0.558. The summed E-state index contributed by atoms with van der Waals surface area (Å²) in [5, 5.41) is 5.67. The summed E-state index contributed by atoms with van der Waals surface area (Å²) < 4.78 is 5.95.